The first-order valence-corrected chi connectivity index (χ1v) is 9.06. The molecular formula is C23H25NO2. The monoisotopic (exact) mass is 347 g/mol. The number of aliphatic hydroxyl groups excluding tert-OH is 1. The molecule has 1 aliphatic carbocycles. The van der Waals surface area contributed by atoms with Gasteiger partial charge in [-0.3, -0.25) is 9.79 Å². The van der Waals surface area contributed by atoms with Crippen LogP contribution in [0.4, 0.5) is 0 Å². The number of benzene rings is 2. The second-order valence-electron chi connectivity index (χ2n) is 7.59. The summed E-state index contributed by atoms with van der Waals surface area (Å²) in [5.74, 6) is 0.0191. The molecule has 0 aliphatic heterocycles. The molecule has 0 saturated heterocycles. The van der Waals surface area contributed by atoms with Crippen molar-refractivity contribution in [2.75, 3.05) is 6.54 Å². The molecule has 0 unspecified atom stereocenters. The molecule has 1 N–H and O–H groups in total. The molecule has 2 aromatic rings. The van der Waals surface area contributed by atoms with Crippen LogP contribution < -0.4 is 0 Å². The number of hydrogen-bond acceptors (Lipinski definition) is 3. The number of Topliss-reactive ketones (excluding diaryl/α,β-unsaturated/α-hetero) is 1. The van der Waals surface area contributed by atoms with Gasteiger partial charge in [0.2, 0.25) is 0 Å². The third-order valence-electron chi connectivity index (χ3n) is 4.68. The van der Waals surface area contributed by atoms with Gasteiger partial charge in [-0.05, 0) is 23.8 Å². The molecule has 134 valence electrons. The summed E-state index contributed by atoms with van der Waals surface area (Å²) in [6.07, 6.45) is 1.94. The van der Waals surface area contributed by atoms with E-state index < -0.39 is 0 Å². The summed E-state index contributed by atoms with van der Waals surface area (Å²) >= 11 is 0. The predicted molar refractivity (Wildman–Crippen MR) is 106 cm³/mol. The number of aliphatic imine (C=N–C) groups is 1. The van der Waals surface area contributed by atoms with Crippen LogP contribution in [0.15, 0.2) is 71.2 Å². The average Bonchev–Trinajstić information content (AvgIpc) is 2.62. The highest BCUT2D eigenvalue weighted by Crippen LogP contribution is 2.36. The van der Waals surface area contributed by atoms with Gasteiger partial charge in [0, 0.05) is 24.2 Å². The normalized spacial score (nSPS) is 20.2. The lowest BCUT2D eigenvalue weighted by Crippen LogP contribution is -2.32. The highest BCUT2D eigenvalue weighted by molar-refractivity contribution is 6.28. The van der Waals surface area contributed by atoms with E-state index in [0.717, 1.165) is 12.1 Å². The second kappa shape index (κ2) is 7.69. The van der Waals surface area contributed by atoms with Crippen LogP contribution >= 0.6 is 0 Å². The first-order valence-electron chi connectivity index (χ1n) is 9.06. The standard InChI is InChI=1S/C23H25NO2/c1-23(2)15-19(24-14-13-17-9-5-3-6-10-17)21(20(25)16-23)22(26)18-11-7-4-8-12-18/h3-12,26H,13-16H2,1-2H3/b22-21+,24-19?. The Bertz CT molecular complexity index is 833. The Balaban J connectivity index is 1.92. The lowest BCUT2D eigenvalue weighted by molar-refractivity contribution is -0.117. The molecule has 2 aromatic carbocycles. The number of allylic oxidation sites excluding steroid dienone is 1. The van der Waals surface area contributed by atoms with Crippen molar-refractivity contribution in [3.63, 3.8) is 0 Å². The second-order valence-corrected chi connectivity index (χ2v) is 7.59. The molecule has 0 amide bonds. The molecule has 0 aromatic heterocycles. The van der Waals surface area contributed by atoms with Crippen molar-refractivity contribution in [3.05, 3.63) is 77.4 Å². The Labute approximate surface area is 155 Å². The molecule has 1 fully saturated rings. The summed E-state index contributed by atoms with van der Waals surface area (Å²) in [7, 11) is 0. The minimum Gasteiger partial charge on any atom is -0.506 e. The van der Waals surface area contributed by atoms with Crippen LogP contribution in [-0.2, 0) is 11.2 Å². The summed E-state index contributed by atoms with van der Waals surface area (Å²) in [5.41, 5.74) is 2.86. The third-order valence-corrected chi connectivity index (χ3v) is 4.68. The van der Waals surface area contributed by atoms with Crippen molar-refractivity contribution < 1.29 is 9.90 Å². The number of carbonyl (C=O) groups excluding carboxylic acids is 1. The first-order chi connectivity index (χ1) is 12.5. The van der Waals surface area contributed by atoms with Crippen molar-refractivity contribution >= 4 is 17.3 Å². The van der Waals surface area contributed by atoms with Crippen molar-refractivity contribution in [2.45, 2.75) is 33.1 Å². The maximum atomic E-state index is 12.8. The minimum absolute atomic E-state index is 0.0268. The van der Waals surface area contributed by atoms with Crippen LogP contribution in [-0.4, -0.2) is 23.1 Å². The molecule has 0 spiro atoms. The molecule has 0 radical (unpaired) electrons. The van der Waals surface area contributed by atoms with Gasteiger partial charge in [0.05, 0.1) is 5.57 Å². The third kappa shape index (κ3) is 4.29. The van der Waals surface area contributed by atoms with Gasteiger partial charge in [-0.1, -0.05) is 74.5 Å². The van der Waals surface area contributed by atoms with Crippen LogP contribution in [0.3, 0.4) is 0 Å². The van der Waals surface area contributed by atoms with Gasteiger partial charge >= 0.3 is 0 Å². The molecule has 0 atom stereocenters. The van der Waals surface area contributed by atoms with Crippen LogP contribution in [0.5, 0.6) is 0 Å². The summed E-state index contributed by atoms with van der Waals surface area (Å²) in [5, 5.41) is 10.8. The highest BCUT2D eigenvalue weighted by Gasteiger charge is 2.36. The molecule has 3 heteroatoms. The Morgan fingerprint density at radius 2 is 1.62 bits per heavy atom. The van der Waals surface area contributed by atoms with Crippen molar-refractivity contribution in [1.82, 2.24) is 0 Å². The van der Waals surface area contributed by atoms with Crippen molar-refractivity contribution in [1.29, 1.82) is 0 Å². The maximum absolute atomic E-state index is 12.8. The highest BCUT2D eigenvalue weighted by atomic mass is 16.3. The van der Waals surface area contributed by atoms with E-state index in [1.165, 1.54) is 5.56 Å². The van der Waals surface area contributed by atoms with Gasteiger partial charge in [0.1, 0.15) is 5.76 Å². The molecule has 3 nitrogen and oxygen atoms in total. The number of rotatable bonds is 4. The number of hydrogen-bond donors (Lipinski definition) is 1. The fourth-order valence-corrected chi connectivity index (χ4v) is 3.40. The zero-order valence-corrected chi connectivity index (χ0v) is 15.4. The molecule has 1 aliphatic rings. The molecule has 1 saturated carbocycles. The van der Waals surface area contributed by atoms with E-state index in [9.17, 15) is 9.90 Å². The van der Waals surface area contributed by atoms with Gasteiger partial charge in [-0.2, -0.15) is 0 Å². The summed E-state index contributed by atoms with van der Waals surface area (Å²) in [6, 6.07) is 19.4. The quantitative estimate of drug-likeness (QED) is 0.623. The molecule has 3 rings (SSSR count). The van der Waals surface area contributed by atoms with Crippen LogP contribution in [0.25, 0.3) is 5.76 Å². The summed E-state index contributed by atoms with van der Waals surface area (Å²) in [6.45, 7) is 4.76. The Morgan fingerprint density at radius 3 is 2.27 bits per heavy atom. The van der Waals surface area contributed by atoms with Crippen LogP contribution in [0.1, 0.15) is 37.8 Å². The molecule has 0 bridgehead atoms. The number of aliphatic hydroxyl groups is 1. The molecule has 0 heterocycles. The predicted octanol–water partition coefficient (Wildman–Crippen LogP) is 5.03. The number of ketones is 1. The zero-order valence-electron chi connectivity index (χ0n) is 15.4. The largest absolute Gasteiger partial charge is 0.506 e. The smallest absolute Gasteiger partial charge is 0.168 e. The Hall–Kier alpha value is -2.68. The zero-order chi connectivity index (χ0) is 18.6. The first kappa shape index (κ1) is 18.1. The Morgan fingerprint density at radius 1 is 1.00 bits per heavy atom. The maximum Gasteiger partial charge on any atom is 0.168 e. The van der Waals surface area contributed by atoms with E-state index in [4.69, 9.17) is 4.99 Å². The lowest BCUT2D eigenvalue weighted by atomic mass is 9.73. The fraction of sp³-hybridized carbons (Fsp3) is 0.304. The summed E-state index contributed by atoms with van der Waals surface area (Å²) < 4.78 is 0. The van der Waals surface area contributed by atoms with Gasteiger partial charge in [0.25, 0.3) is 0 Å². The molecule has 26 heavy (non-hydrogen) atoms. The molecular weight excluding hydrogens is 322 g/mol. The SMILES string of the molecule is CC1(C)CC(=O)/C(=C(/O)c2ccccc2)C(=NCCc2ccccc2)C1. The van der Waals surface area contributed by atoms with Gasteiger partial charge in [-0.25, -0.2) is 0 Å². The Kier molecular flexibility index (Phi) is 5.36. The number of nitrogens with zero attached hydrogens (tertiary/aromatic N) is 1. The van der Waals surface area contributed by atoms with Gasteiger partial charge < -0.3 is 5.11 Å². The van der Waals surface area contributed by atoms with Crippen molar-refractivity contribution in [2.24, 2.45) is 10.4 Å². The van der Waals surface area contributed by atoms with Gasteiger partial charge in [-0.15, -0.1) is 0 Å². The summed E-state index contributed by atoms with van der Waals surface area (Å²) in [4.78, 5) is 17.5. The average molecular weight is 347 g/mol. The fourth-order valence-electron chi connectivity index (χ4n) is 3.40. The van der Waals surface area contributed by atoms with Gasteiger partial charge in [0.15, 0.2) is 5.78 Å². The minimum atomic E-state index is -0.136. The van der Waals surface area contributed by atoms with Crippen LogP contribution in [0.2, 0.25) is 0 Å². The van der Waals surface area contributed by atoms with Crippen molar-refractivity contribution in [3.8, 4) is 0 Å². The van der Waals surface area contributed by atoms with E-state index in [1.807, 2.05) is 48.5 Å². The van der Waals surface area contributed by atoms with E-state index in [0.29, 0.717) is 30.5 Å². The van der Waals surface area contributed by atoms with E-state index in [-0.39, 0.29) is 17.0 Å². The van der Waals surface area contributed by atoms with Crippen LogP contribution in [0, 0.1) is 5.41 Å². The number of carbonyl (C=O) groups is 1. The topological polar surface area (TPSA) is 49.7 Å². The lowest BCUT2D eigenvalue weighted by Gasteiger charge is -2.31. The van der Waals surface area contributed by atoms with E-state index >= 15 is 0 Å². The van der Waals surface area contributed by atoms with E-state index in [2.05, 4.69) is 26.0 Å². The van der Waals surface area contributed by atoms with E-state index in [1.54, 1.807) is 0 Å².